The molecule has 0 aliphatic carbocycles. The molecule has 2 aromatic rings. The molecule has 2 rings (SSSR count). The maximum atomic E-state index is 12.2. The van der Waals surface area contributed by atoms with Crippen molar-refractivity contribution in [1.82, 2.24) is 20.6 Å². The highest BCUT2D eigenvalue weighted by Crippen LogP contribution is 2.22. The standard InChI is InChI=1S/C14H18N4O2S/c1-8(12-9(2)17-18(4)10(12)3)13(19)15-16-14(20)11-6-5-7-21-11/h5-8H,1-4H3,(H,15,19)(H,16,20). The number of hydrazine groups is 1. The topological polar surface area (TPSA) is 76.0 Å². The summed E-state index contributed by atoms with van der Waals surface area (Å²) in [6, 6.07) is 3.48. The van der Waals surface area contributed by atoms with Gasteiger partial charge in [-0.25, -0.2) is 0 Å². The number of nitrogens with zero attached hydrogens (tertiary/aromatic N) is 2. The van der Waals surface area contributed by atoms with Gasteiger partial charge in [-0.3, -0.25) is 25.1 Å². The van der Waals surface area contributed by atoms with Crippen LogP contribution in [0.1, 0.15) is 39.5 Å². The molecule has 0 saturated heterocycles. The third-order valence-electron chi connectivity index (χ3n) is 3.44. The lowest BCUT2D eigenvalue weighted by Gasteiger charge is -2.13. The molecule has 0 aliphatic heterocycles. The summed E-state index contributed by atoms with van der Waals surface area (Å²) in [4.78, 5) is 24.5. The van der Waals surface area contributed by atoms with Crippen molar-refractivity contribution in [2.45, 2.75) is 26.7 Å². The minimum Gasteiger partial charge on any atom is -0.273 e. The van der Waals surface area contributed by atoms with Gasteiger partial charge in [0.15, 0.2) is 0 Å². The minimum absolute atomic E-state index is 0.265. The van der Waals surface area contributed by atoms with Gasteiger partial charge in [-0.2, -0.15) is 5.10 Å². The van der Waals surface area contributed by atoms with Crippen LogP contribution >= 0.6 is 11.3 Å². The van der Waals surface area contributed by atoms with Gasteiger partial charge < -0.3 is 0 Å². The quantitative estimate of drug-likeness (QED) is 0.847. The fourth-order valence-corrected chi connectivity index (χ4v) is 2.86. The highest BCUT2D eigenvalue weighted by Gasteiger charge is 2.23. The van der Waals surface area contributed by atoms with Crippen molar-refractivity contribution >= 4 is 23.2 Å². The van der Waals surface area contributed by atoms with Crippen LogP contribution in [-0.2, 0) is 11.8 Å². The van der Waals surface area contributed by atoms with Gasteiger partial charge in [-0.05, 0) is 32.2 Å². The molecule has 0 spiro atoms. The highest BCUT2D eigenvalue weighted by molar-refractivity contribution is 7.12. The van der Waals surface area contributed by atoms with E-state index in [1.165, 1.54) is 11.3 Å². The van der Waals surface area contributed by atoms with E-state index in [1.807, 2.05) is 26.3 Å². The first kappa shape index (κ1) is 15.2. The van der Waals surface area contributed by atoms with E-state index in [4.69, 9.17) is 0 Å². The Balaban J connectivity index is 2.02. The van der Waals surface area contributed by atoms with E-state index in [-0.39, 0.29) is 17.7 Å². The second kappa shape index (κ2) is 6.09. The predicted molar refractivity (Wildman–Crippen MR) is 81.0 cm³/mol. The van der Waals surface area contributed by atoms with Gasteiger partial charge in [-0.15, -0.1) is 11.3 Å². The number of rotatable bonds is 3. The molecule has 2 heterocycles. The molecule has 0 aromatic carbocycles. The Morgan fingerprint density at radius 2 is 2.05 bits per heavy atom. The Labute approximate surface area is 127 Å². The number of hydrogen-bond donors (Lipinski definition) is 2. The van der Waals surface area contributed by atoms with Crippen LogP contribution in [0.3, 0.4) is 0 Å². The van der Waals surface area contributed by atoms with E-state index in [1.54, 1.807) is 23.7 Å². The molecule has 2 aromatic heterocycles. The molecule has 7 heteroatoms. The maximum absolute atomic E-state index is 12.2. The average Bonchev–Trinajstić information content (AvgIpc) is 3.05. The first-order valence-corrected chi connectivity index (χ1v) is 7.43. The second-order valence-corrected chi connectivity index (χ2v) is 5.80. The molecular formula is C14H18N4O2S. The summed E-state index contributed by atoms with van der Waals surface area (Å²) in [5.74, 6) is -0.966. The third-order valence-corrected chi connectivity index (χ3v) is 4.30. The molecule has 6 nitrogen and oxygen atoms in total. The zero-order valence-corrected chi connectivity index (χ0v) is 13.2. The number of nitrogens with one attached hydrogen (secondary N) is 2. The lowest BCUT2D eigenvalue weighted by molar-refractivity contribution is -0.123. The van der Waals surface area contributed by atoms with Crippen LogP contribution in [0.5, 0.6) is 0 Å². The molecule has 2 amide bonds. The number of hydrogen-bond acceptors (Lipinski definition) is 4. The molecule has 2 N–H and O–H groups in total. The summed E-state index contributed by atoms with van der Waals surface area (Å²) in [5.41, 5.74) is 7.54. The maximum Gasteiger partial charge on any atom is 0.279 e. The molecule has 21 heavy (non-hydrogen) atoms. The van der Waals surface area contributed by atoms with E-state index in [9.17, 15) is 9.59 Å². The van der Waals surface area contributed by atoms with E-state index in [2.05, 4.69) is 16.0 Å². The van der Waals surface area contributed by atoms with Crippen LogP contribution in [0, 0.1) is 13.8 Å². The van der Waals surface area contributed by atoms with E-state index < -0.39 is 0 Å². The largest absolute Gasteiger partial charge is 0.279 e. The molecule has 1 unspecified atom stereocenters. The summed E-state index contributed by atoms with van der Waals surface area (Å²) < 4.78 is 1.75. The van der Waals surface area contributed by atoms with Crippen LogP contribution in [-0.4, -0.2) is 21.6 Å². The summed E-state index contributed by atoms with van der Waals surface area (Å²) in [6.07, 6.45) is 0. The van der Waals surface area contributed by atoms with Gasteiger partial charge in [0, 0.05) is 18.3 Å². The van der Waals surface area contributed by atoms with E-state index >= 15 is 0 Å². The van der Waals surface area contributed by atoms with Crippen LogP contribution in [0.4, 0.5) is 0 Å². The van der Waals surface area contributed by atoms with Gasteiger partial charge in [0.1, 0.15) is 0 Å². The van der Waals surface area contributed by atoms with Crippen LogP contribution < -0.4 is 10.9 Å². The van der Waals surface area contributed by atoms with Crippen LogP contribution in [0.25, 0.3) is 0 Å². The molecule has 0 saturated carbocycles. The average molecular weight is 306 g/mol. The molecule has 0 bridgehead atoms. The number of amides is 2. The Morgan fingerprint density at radius 3 is 2.57 bits per heavy atom. The third kappa shape index (κ3) is 3.13. The number of aryl methyl sites for hydroxylation is 2. The van der Waals surface area contributed by atoms with Crippen molar-refractivity contribution in [3.05, 3.63) is 39.3 Å². The first-order chi connectivity index (χ1) is 9.91. The Morgan fingerprint density at radius 1 is 1.33 bits per heavy atom. The van der Waals surface area contributed by atoms with Gasteiger partial charge in [0.25, 0.3) is 5.91 Å². The monoisotopic (exact) mass is 306 g/mol. The van der Waals surface area contributed by atoms with E-state index in [0.29, 0.717) is 4.88 Å². The molecule has 0 fully saturated rings. The van der Waals surface area contributed by atoms with Crippen molar-refractivity contribution in [2.24, 2.45) is 7.05 Å². The molecular weight excluding hydrogens is 288 g/mol. The number of carbonyl (C=O) groups excluding carboxylic acids is 2. The Bertz CT molecular complexity index is 661. The number of carbonyl (C=O) groups is 2. The minimum atomic E-state index is -0.387. The number of thiophene rings is 1. The molecule has 0 aliphatic rings. The fraction of sp³-hybridized carbons (Fsp3) is 0.357. The summed E-state index contributed by atoms with van der Waals surface area (Å²) in [6.45, 7) is 5.59. The SMILES string of the molecule is Cc1nn(C)c(C)c1C(C)C(=O)NNC(=O)c1cccs1. The molecule has 0 radical (unpaired) electrons. The Kier molecular flexibility index (Phi) is 4.42. The summed E-state index contributed by atoms with van der Waals surface area (Å²) in [7, 11) is 1.84. The predicted octanol–water partition coefficient (Wildman–Crippen LogP) is 1.66. The zero-order chi connectivity index (χ0) is 15.6. The summed E-state index contributed by atoms with van der Waals surface area (Å²) >= 11 is 1.32. The van der Waals surface area contributed by atoms with Gasteiger partial charge in [0.05, 0.1) is 16.5 Å². The lowest BCUT2D eigenvalue weighted by Crippen LogP contribution is -2.43. The van der Waals surface area contributed by atoms with Gasteiger partial charge in [-0.1, -0.05) is 6.07 Å². The zero-order valence-electron chi connectivity index (χ0n) is 12.4. The lowest BCUT2D eigenvalue weighted by atomic mass is 9.98. The Hall–Kier alpha value is -2.15. The second-order valence-electron chi connectivity index (χ2n) is 4.85. The van der Waals surface area contributed by atoms with Crippen molar-refractivity contribution in [3.8, 4) is 0 Å². The smallest absolute Gasteiger partial charge is 0.273 e. The first-order valence-electron chi connectivity index (χ1n) is 6.55. The van der Waals surface area contributed by atoms with Crippen LogP contribution in [0.2, 0.25) is 0 Å². The highest BCUT2D eigenvalue weighted by atomic mass is 32.1. The van der Waals surface area contributed by atoms with Crippen molar-refractivity contribution in [3.63, 3.8) is 0 Å². The number of aromatic nitrogens is 2. The van der Waals surface area contributed by atoms with Gasteiger partial charge in [0.2, 0.25) is 5.91 Å². The fourth-order valence-electron chi connectivity index (χ4n) is 2.24. The van der Waals surface area contributed by atoms with Crippen molar-refractivity contribution < 1.29 is 9.59 Å². The van der Waals surface area contributed by atoms with Gasteiger partial charge >= 0.3 is 0 Å². The van der Waals surface area contributed by atoms with Crippen LogP contribution in [0.15, 0.2) is 17.5 Å². The van der Waals surface area contributed by atoms with Crippen molar-refractivity contribution in [1.29, 1.82) is 0 Å². The normalized spacial score (nSPS) is 12.0. The van der Waals surface area contributed by atoms with Crippen molar-refractivity contribution in [2.75, 3.05) is 0 Å². The van der Waals surface area contributed by atoms with E-state index in [0.717, 1.165) is 17.0 Å². The molecule has 1 atom stereocenters. The summed E-state index contributed by atoms with van der Waals surface area (Å²) in [5, 5.41) is 6.11. The molecule has 112 valence electrons.